The predicted molar refractivity (Wildman–Crippen MR) is 66.1 cm³/mol. The lowest BCUT2D eigenvalue weighted by atomic mass is 10.3. The van der Waals surface area contributed by atoms with Gasteiger partial charge in [-0.1, -0.05) is 6.92 Å². The molecule has 7 heteroatoms. The van der Waals surface area contributed by atoms with Gasteiger partial charge in [-0.25, -0.2) is 16.8 Å². The molecule has 1 atom stereocenters. The fourth-order valence-corrected chi connectivity index (χ4v) is 4.47. The van der Waals surface area contributed by atoms with Crippen molar-refractivity contribution in [2.75, 3.05) is 30.1 Å². The molecule has 0 saturated carbocycles. The quantitative estimate of drug-likeness (QED) is 0.663. The predicted octanol–water partition coefficient (Wildman–Crippen LogP) is -0.166. The Kier molecular flexibility index (Phi) is 6.50. The van der Waals surface area contributed by atoms with Gasteiger partial charge in [-0.05, 0) is 19.9 Å². The Morgan fingerprint density at radius 2 is 1.69 bits per heavy atom. The number of rotatable bonds is 8. The third kappa shape index (κ3) is 9.11. The van der Waals surface area contributed by atoms with Crippen molar-refractivity contribution in [2.45, 2.75) is 26.3 Å². The molecule has 0 saturated heterocycles. The van der Waals surface area contributed by atoms with Crippen LogP contribution in [-0.4, -0.2) is 52.9 Å². The maximum atomic E-state index is 11.5. The highest BCUT2D eigenvalue weighted by Crippen LogP contribution is 1.97. The minimum atomic E-state index is -3.29. The largest absolute Gasteiger partial charge is 0.313 e. The highest BCUT2D eigenvalue weighted by atomic mass is 32.2. The van der Waals surface area contributed by atoms with Crippen LogP contribution in [0.4, 0.5) is 0 Å². The molecule has 0 spiro atoms. The standard InChI is InChI=1S/C9H21NO4S2/c1-4-5-10-9(2)8-16(13,14)7-6-15(3,11)12/h9-10H,4-8H2,1-3H3. The van der Waals surface area contributed by atoms with Crippen molar-refractivity contribution in [3.05, 3.63) is 0 Å². The van der Waals surface area contributed by atoms with Crippen LogP contribution in [0.15, 0.2) is 0 Å². The zero-order valence-corrected chi connectivity index (χ0v) is 11.7. The van der Waals surface area contributed by atoms with Gasteiger partial charge in [-0.15, -0.1) is 0 Å². The molecule has 0 fully saturated rings. The summed E-state index contributed by atoms with van der Waals surface area (Å²) in [4.78, 5) is 0. The Morgan fingerprint density at radius 1 is 1.12 bits per heavy atom. The van der Waals surface area contributed by atoms with Crippen molar-refractivity contribution < 1.29 is 16.8 Å². The Bertz CT molecular complexity index is 386. The summed E-state index contributed by atoms with van der Waals surface area (Å²) in [5, 5.41) is 3.06. The molecule has 1 unspecified atom stereocenters. The summed E-state index contributed by atoms with van der Waals surface area (Å²) in [6.45, 7) is 4.55. The third-order valence-corrected chi connectivity index (χ3v) is 5.05. The smallest absolute Gasteiger partial charge is 0.152 e. The number of hydrogen-bond donors (Lipinski definition) is 1. The first-order chi connectivity index (χ1) is 7.16. The van der Waals surface area contributed by atoms with E-state index in [1.165, 1.54) is 0 Å². The molecule has 0 amide bonds. The van der Waals surface area contributed by atoms with Gasteiger partial charge in [0.25, 0.3) is 0 Å². The first-order valence-corrected chi connectivity index (χ1v) is 9.16. The first-order valence-electron chi connectivity index (χ1n) is 5.28. The summed E-state index contributed by atoms with van der Waals surface area (Å²) in [6.07, 6.45) is 1.98. The second kappa shape index (κ2) is 6.56. The third-order valence-electron chi connectivity index (χ3n) is 2.01. The molecule has 0 rings (SSSR count). The zero-order chi connectivity index (χ0) is 12.8. The van der Waals surface area contributed by atoms with Crippen molar-refractivity contribution >= 4 is 19.7 Å². The van der Waals surface area contributed by atoms with Crippen molar-refractivity contribution in [3.63, 3.8) is 0 Å². The van der Waals surface area contributed by atoms with Gasteiger partial charge in [0.1, 0.15) is 9.84 Å². The fraction of sp³-hybridized carbons (Fsp3) is 1.00. The van der Waals surface area contributed by atoms with E-state index in [0.717, 1.165) is 19.2 Å². The van der Waals surface area contributed by atoms with E-state index in [2.05, 4.69) is 5.32 Å². The van der Waals surface area contributed by atoms with Gasteiger partial charge in [0.05, 0.1) is 17.3 Å². The van der Waals surface area contributed by atoms with Gasteiger partial charge in [0.2, 0.25) is 0 Å². The second-order valence-electron chi connectivity index (χ2n) is 4.10. The highest BCUT2D eigenvalue weighted by molar-refractivity contribution is 7.94. The van der Waals surface area contributed by atoms with E-state index < -0.39 is 19.7 Å². The van der Waals surface area contributed by atoms with E-state index in [-0.39, 0.29) is 23.3 Å². The van der Waals surface area contributed by atoms with Crippen LogP contribution in [0.3, 0.4) is 0 Å². The average molecular weight is 271 g/mol. The molecule has 0 aromatic carbocycles. The van der Waals surface area contributed by atoms with Gasteiger partial charge in [0, 0.05) is 12.3 Å². The summed E-state index contributed by atoms with van der Waals surface area (Å²) in [5.74, 6) is -0.595. The molecule has 0 bridgehead atoms. The molecule has 0 radical (unpaired) electrons. The number of nitrogens with one attached hydrogen (secondary N) is 1. The molecule has 0 heterocycles. The number of sulfone groups is 2. The summed E-state index contributed by atoms with van der Waals surface area (Å²) < 4.78 is 44.8. The fourth-order valence-electron chi connectivity index (χ4n) is 1.19. The molecular weight excluding hydrogens is 250 g/mol. The molecule has 0 aromatic rings. The molecule has 16 heavy (non-hydrogen) atoms. The molecule has 98 valence electrons. The molecule has 0 aliphatic rings. The van der Waals surface area contributed by atoms with Crippen LogP contribution in [0.5, 0.6) is 0 Å². The maximum absolute atomic E-state index is 11.5. The van der Waals surface area contributed by atoms with Crippen molar-refractivity contribution in [2.24, 2.45) is 0 Å². The van der Waals surface area contributed by atoms with E-state index in [9.17, 15) is 16.8 Å². The molecule has 5 nitrogen and oxygen atoms in total. The van der Waals surface area contributed by atoms with Gasteiger partial charge < -0.3 is 5.32 Å². The highest BCUT2D eigenvalue weighted by Gasteiger charge is 2.17. The molecule has 0 aliphatic carbocycles. The monoisotopic (exact) mass is 271 g/mol. The lowest BCUT2D eigenvalue weighted by Gasteiger charge is -2.13. The van der Waals surface area contributed by atoms with Crippen molar-refractivity contribution in [1.29, 1.82) is 0 Å². The molecule has 0 aromatic heterocycles. The number of hydrogen-bond acceptors (Lipinski definition) is 5. The van der Waals surface area contributed by atoms with Gasteiger partial charge in [0.15, 0.2) is 9.84 Å². The minimum Gasteiger partial charge on any atom is -0.313 e. The van der Waals surface area contributed by atoms with Crippen LogP contribution in [-0.2, 0) is 19.7 Å². The van der Waals surface area contributed by atoms with Crippen molar-refractivity contribution in [3.8, 4) is 0 Å². The maximum Gasteiger partial charge on any atom is 0.152 e. The SMILES string of the molecule is CCCNC(C)CS(=O)(=O)CCS(C)(=O)=O. The van der Waals surface area contributed by atoms with Crippen LogP contribution >= 0.6 is 0 Å². The van der Waals surface area contributed by atoms with Crippen LogP contribution < -0.4 is 5.32 Å². The first kappa shape index (κ1) is 15.9. The van der Waals surface area contributed by atoms with E-state index in [0.29, 0.717) is 0 Å². The lowest BCUT2D eigenvalue weighted by Crippen LogP contribution is -2.35. The molecule has 0 aliphatic heterocycles. The normalized spacial score (nSPS) is 14.9. The zero-order valence-electron chi connectivity index (χ0n) is 10.1. The van der Waals surface area contributed by atoms with Gasteiger partial charge in [-0.2, -0.15) is 0 Å². The van der Waals surface area contributed by atoms with E-state index in [1.807, 2.05) is 6.92 Å². The Morgan fingerprint density at radius 3 is 2.12 bits per heavy atom. The molecular formula is C9H21NO4S2. The van der Waals surface area contributed by atoms with E-state index >= 15 is 0 Å². The van der Waals surface area contributed by atoms with E-state index in [4.69, 9.17) is 0 Å². The van der Waals surface area contributed by atoms with Crippen molar-refractivity contribution in [1.82, 2.24) is 5.32 Å². The van der Waals surface area contributed by atoms with Crippen LogP contribution in [0.25, 0.3) is 0 Å². The lowest BCUT2D eigenvalue weighted by molar-refractivity contribution is 0.555. The summed E-state index contributed by atoms with van der Waals surface area (Å²) in [7, 11) is -6.50. The Balaban J connectivity index is 4.15. The second-order valence-corrected chi connectivity index (χ2v) is 8.59. The van der Waals surface area contributed by atoms with Gasteiger partial charge >= 0.3 is 0 Å². The van der Waals surface area contributed by atoms with Crippen LogP contribution in [0, 0.1) is 0 Å². The summed E-state index contributed by atoms with van der Waals surface area (Å²) >= 11 is 0. The summed E-state index contributed by atoms with van der Waals surface area (Å²) in [5.41, 5.74) is 0. The molecule has 1 N–H and O–H groups in total. The Labute approximate surface area is 98.5 Å². The van der Waals surface area contributed by atoms with Crippen LogP contribution in [0.2, 0.25) is 0 Å². The van der Waals surface area contributed by atoms with Crippen LogP contribution in [0.1, 0.15) is 20.3 Å². The topological polar surface area (TPSA) is 80.3 Å². The average Bonchev–Trinajstić information content (AvgIpc) is 2.10. The Hall–Kier alpha value is -0.140. The van der Waals surface area contributed by atoms with E-state index in [1.54, 1.807) is 6.92 Å². The minimum absolute atomic E-state index is 0.0114. The summed E-state index contributed by atoms with van der Waals surface area (Å²) in [6, 6.07) is -0.135. The van der Waals surface area contributed by atoms with Gasteiger partial charge in [-0.3, -0.25) is 0 Å².